The largest absolute Gasteiger partial charge is 0.494 e. The highest BCUT2D eigenvalue weighted by atomic mass is 16.5. The number of rotatable bonds is 7. The molecule has 0 aliphatic carbocycles. The van der Waals surface area contributed by atoms with Crippen LogP contribution in [0.15, 0.2) is 54.6 Å². The van der Waals surface area contributed by atoms with Crippen molar-refractivity contribution in [3.05, 3.63) is 65.9 Å². The van der Waals surface area contributed by atoms with E-state index in [2.05, 4.69) is 10.3 Å². The number of nitrogens with one attached hydrogen (secondary N) is 2. The van der Waals surface area contributed by atoms with E-state index in [1.165, 1.54) is 0 Å². The van der Waals surface area contributed by atoms with Crippen molar-refractivity contribution >= 4 is 22.7 Å². The summed E-state index contributed by atoms with van der Waals surface area (Å²) in [7, 11) is 0. The lowest BCUT2D eigenvalue weighted by atomic mass is 9.84. The molecule has 1 unspecified atom stereocenters. The number of aromatic amines is 1. The summed E-state index contributed by atoms with van der Waals surface area (Å²) in [4.78, 5) is 30.8. The molecule has 168 valence electrons. The van der Waals surface area contributed by atoms with Gasteiger partial charge in [-0.2, -0.15) is 0 Å². The SMILES string of the molecule is CCOc1ccccc1CNC(=O)C(C)C1CCN(C(=O)c2cc3ccccc3[nH]2)CC1. The van der Waals surface area contributed by atoms with Crippen LogP contribution in [-0.2, 0) is 11.3 Å². The molecule has 1 aromatic heterocycles. The Hall–Kier alpha value is -3.28. The van der Waals surface area contributed by atoms with E-state index in [-0.39, 0.29) is 23.7 Å². The van der Waals surface area contributed by atoms with Gasteiger partial charge in [0.2, 0.25) is 5.91 Å². The van der Waals surface area contributed by atoms with Crippen molar-refractivity contribution in [2.75, 3.05) is 19.7 Å². The Kier molecular flexibility index (Phi) is 6.78. The van der Waals surface area contributed by atoms with Crippen LogP contribution in [0.3, 0.4) is 0 Å². The van der Waals surface area contributed by atoms with Crippen molar-refractivity contribution in [2.45, 2.75) is 33.2 Å². The molecule has 6 nitrogen and oxygen atoms in total. The third-order valence-electron chi connectivity index (χ3n) is 6.43. The average Bonchev–Trinajstić information content (AvgIpc) is 3.27. The first-order valence-corrected chi connectivity index (χ1v) is 11.4. The lowest BCUT2D eigenvalue weighted by Gasteiger charge is -2.34. The minimum absolute atomic E-state index is 0.0317. The third-order valence-corrected chi connectivity index (χ3v) is 6.43. The molecule has 1 atom stereocenters. The highest BCUT2D eigenvalue weighted by Crippen LogP contribution is 2.27. The summed E-state index contributed by atoms with van der Waals surface area (Å²) in [6.07, 6.45) is 1.66. The smallest absolute Gasteiger partial charge is 0.270 e. The maximum absolute atomic E-state index is 12.9. The van der Waals surface area contributed by atoms with Gasteiger partial charge in [0.25, 0.3) is 5.91 Å². The molecular weight excluding hydrogens is 402 g/mol. The van der Waals surface area contributed by atoms with E-state index >= 15 is 0 Å². The van der Waals surface area contributed by atoms with Crippen molar-refractivity contribution in [1.82, 2.24) is 15.2 Å². The first kappa shape index (κ1) is 21.9. The quantitative estimate of drug-likeness (QED) is 0.581. The average molecular weight is 434 g/mol. The van der Waals surface area contributed by atoms with E-state index in [1.54, 1.807) is 0 Å². The minimum Gasteiger partial charge on any atom is -0.494 e. The number of aromatic nitrogens is 1. The highest BCUT2D eigenvalue weighted by molar-refractivity contribution is 5.98. The van der Waals surface area contributed by atoms with Crippen LogP contribution >= 0.6 is 0 Å². The Morgan fingerprint density at radius 1 is 1.12 bits per heavy atom. The number of carbonyl (C=O) groups is 2. The predicted octanol–water partition coefficient (Wildman–Crippen LogP) is 4.37. The molecule has 1 fully saturated rings. The standard InChI is InChI=1S/C26H31N3O3/c1-3-32-24-11-7-5-9-21(24)17-27-25(30)18(2)19-12-14-29(15-13-19)26(31)23-16-20-8-4-6-10-22(20)28-23/h4-11,16,18-19,28H,3,12-15,17H2,1-2H3,(H,27,30). The van der Waals surface area contributed by atoms with Gasteiger partial charge in [-0.1, -0.05) is 43.3 Å². The molecule has 1 aliphatic heterocycles. The summed E-state index contributed by atoms with van der Waals surface area (Å²) in [5.41, 5.74) is 2.58. The number of hydrogen-bond acceptors (Lipinski definition) is 3. The summed E-state index contributed by atoms with van der Waals surface area (Å²) < 4.78 is 5.64. The number of nitrogens with zero attached hydrogens (tertiary/aromatic N) is 1. The summed E-state index contributed by atoms with van der Waals surface area (Å²) in [6.45, 7) is 6.33. The predicted molar refractivity (Wildman–Crippen MR) is 126 cm³/mol. The molecule has 0 spiro atoms. The summed E-state index contributed by atoms with van der Waals surface area (Å²) in [5, 5.41) is 4.11. The molecule has 1 saturated heterocycles. The number of H-pyrrole nitrogens is 1. The Labute approximate surface area is 188 Å². The number of hydrogen-bond donors (Lipinski definition) is 2. The van der Waals surface area contributed by atoms with Crippen LogP contribution < -0.4 is 10.1 Å². The van der Waals surface area contributed by atoms with Gasteiger partial charge >= 0.3 is 0 Å². The maximum atomic E-state index is 12.9. The molecule has 6 heteroatoms. The van der Waals surface area contributed by atoms with Gasteiger partial charge in [0.15, 0.2) is 0 Å². The monoisotopic (exact) mass is 433 g/mol. The molecule has 0 bridgehead atoms. The molecule has 3 aromatic rings. The summed E-state index contributed by atoms with van der Waals surface area (Å²) in [5.74, 6) is 1.07. The van der Waals surface area contributed by atoms with Crippen LogP contribution in [0.1, 0.15) is 42.7 Å². The number of benzene rings is 2. The van der Waals surface area contributed by atoms with Crippen LogP contribution in [0, 0.1) is 11.8 Å². The Morgan fingerprint density at radius 3 is 2.59 bits per heavy atom. The van der Waals surface area contributed by atoms with Crippen LogP contribution in [-0.4, -0.2) is 41.4 Å². The van der Waals surface area contributed by atoms with E-state index < -0.39 is 0 Å². The molecule has 2 aromatic carbocycles. The summed E-state index contributed by atoms with van der Waals surface area (Å²) >= 11 is 0. The van der Waals surface area contributed by atoms with Gasteiger partial charge in [-0.3, -0.25) is 9.59 Å². The topological polar surface area (TPSA) is 74.4 Å². The molecule has 2 heterocycles. The first-order valence-electron chi connectivity index (χ1n) is 11.4. The van der Waals surface area contributed by atoms with Crippen LogP contribution in [0.4, 0.5) is 0 Å². The molecular formula is C26H31N3O3. The van der Waals surface area contributed by atoms with Crippen molar-refractivity contribution in [3.63, 3.8) is 0 Å². The van der Waals surface area contributed by atoms with E-state index in [0.717, 1.165) is 35.1 Å². The Morgan fingerprint density at radius 2 is 1.84 bits per heavy atom. The zero-order valence-electron chi connectivity index (χ0n) is 18.8. The third kappa shape index (κ3) is 4.79. The molecule has 1 aliphatic rings. The fourth-order valence-corrected chi connectivity index (χ4v) is 4.47. The fourth-order valence-electron chi connectivity index (χ4n) is 4.47. The number of piperidine rings is 1. The highest BCUT2D eigenvalue weighted by Gasteiger charge is 2.30. The van der Waals surface area contributed by atoms with Gasteiger partial charge in [0.05, 0.1) is 6.61 Å². The van der Waals surface area contributed by atoms with Crippen molar-refractivity contribution in [2.24, 2.45) is 11.8 Å². The van der Waals surface area contributed by atoms with Gasteiger partial charge in [0, 0.05) is 42.0 Å². The lowest BCUT2D eigenvalue weighted by Crippen LogP contribution is -2.42. The normalized spacial score (nSPS) is 15.5. The van der Waals surface area contributed by atoms with E-state index in [9.17, 15) is 9.59 Å². The number of ether oxygens (including phenoxy) is 1. The van der Waals surface area contributed by atoms with Gasteiger partial charge in [-0.15, -0.1) is 0 Å². The van der Waals surface area contributed by atoms with Crippen molar-refractivity contribution in [3.8, 4) is 5.75 Å². The molecule has 2 N–H and O–H groups in total. The number of para-hydroxylation sites is 2. The van der Waals surface area contributed by atoms with Crippen LogP contribution in [0.25, 0.3) is 10.9 Å². The minimum atomic E-state index is -0.0976. The van der Waals surface area contributed by atoms with E-state index in [1.807, 2.05) is 73.3 Å². The molecule has 32 heavy (non-hydrogen) atoms. The van der Waals surface area contributed by atoms with Gasteiger partial charge in [-0.05, 0) is 43.9 Å². The first-order chi connectivity index (χ1) is 15.6. The fraction of sp³-hybridized carbons (Fsp3) is 0.385. The molecule has 0 saturated carbocycles. The van der Waals surface area contributed by atoms with Crippen LogP contribution in [0.5, 0.6) is 5.75 Å². The molecule has 0 radical (unpaired) electrons. The number of carbonyl (C=O) groups excluding carboxylic acids is 2. The second-order valence-corrected chi connectivity index (χ2v) is 8.45. The maximum Gasteiger partial charge on any atom is 0.270 e. The number of fused-ring (bicyclic) bond motifs is 1. The van der Waals surface area contributed by atoms with Gasteiger partial charge in [-0.25, -0.2) is 0 Å². The lowest BCUT2D eigenvalue weighted by molar-refractivity contribution is -0.126. The molecule has 2 amide bonds. The van der Waals surface area contributed by atoms with Crippen molar-refractivity contribution in [1.29, 1.82) is 0 Å². The van der Waals surface area contributed by atoms with Crippen LogP contribution in [0.2, 0.25) is 0 Å². The van der Waals surface area contributed by atoms with Gasteiger partial charge in [0.1, 0.15) is 11.4 Å². The number of amides is 2. The second kappa shape index (κ2) is 9.90. The molecule has 4 rings (SSSR count). The van der Waals surface area contributed by atoms with Gasteiger partial charge < -0.3 is 19.9 Å². The van der Waals surface area contributed by atoms with E-state index in [4.69, 9.17) is 4.74 Å². The Bertz CT molecular complexity index is 1050. The van der Waals surface area contributed by atoms with Crippen molar-refractivity contribution < 1.29 is 14.3 Å². The Balaban J connectivity index is 1.29. The number of likely N-dealkylation sites (tertiary alicyclic amines) is 1. The summed E-state index contributed by atoms with van der Waals surface area (Å²) in [6, 6.07) is 17.6. The second-order valence-electron chi connectivity index (χ2n) is 8.45. The van der Waals surface area contributed by atoms with E-state index in [0.29, 0.717) is 31.9 Å². The zero-order chi connectivity index (χ0) is 22.5. The zero-order valence-corrected chi connectivity index (χ0v) is 18.8.